The van der Waals surface area contributed by atoms with E-state index in [-0.39, 0.29) is 18.9 Å². The normalized spacial score (nSPS) is 11.4. The molecular formula is C32H31BrN2O4. The molecule has 0 saturated carbocycles. The lowest BCUT2D eigenvalue weighted by Crippen LogP contribution is -2.45. The van der Waals surface area contributed by atoms with E-state index in [0.717, 1.165) is 38.0 Å². The number of halogens is 1. The lowest BCUT2D eigenvalue weighted by Gasteiger charge is -2.20. The van der Waals surface area contributed by atoms with Crippen LogP contribution in [0.15, 0.2) is 102 Å². The summed E-state index contributed by atoms with van der Waals surface area (Å²) in [6.07, 6.45) is -0.394. The molecule has 4 rings (SSSR count). The maximum atomic E-state index is 13.4. The van der Waals surface area contributed by atoms with Crippen LogP contribution in [-0.4, -0.2) is 18.0 Å². The van der Waals surface area contributed by atoms with Crippen molar-refractivity contribution < 1.29 is 19.1 Å². The summed E-state index contributed by atoms with van der Waals surface area (Å²) in [7, 11) is 0. The molecule has 0 spiro atoms. The Labute approximate surface area is 237 Å². The number of aryl methyl sites for hydroxylation is 2. The predicted molar refractivity (Wildman–Crippen MR) is 157 cm³/mol. The Morgan fingerprint density at radius 2 is 1.36 bits per heavy atom. The largest absolute Gasteiger partial charge is 0.489 e. The third kappa shape index (κ3) is 8.45. The summed E-state index contributed by atoms with van der Waals surface area (Å²) in [6, 6.07) is 29.8. The van der Waals surface area contributed by atoms with Crippen LogP contribution in [0, 0.1) is 13.8 Å². The summed E-state index contributed by atoms with van der Waals surface area (Å²) in [6.45, 7) is 4.56. The highest BCUT2D eigenvalue weighted by Crippen LogP contribution is 2.26. The third-order valence-corrected chi connectivity index (χ3v) is 6.93. The van der Waals surface area contributed by atoms with Crippen LogP contribution in [0.2, 0.25) is 0 Å². The molecular weight excluding hydrogens is 556 g/mol. The smallest absolute Gasteiger partial charge is 0.408 e. The fourth-order valence-electron chi connectivity index (χ4n) is 3.91. The van der Waals surface area contributed by atoms with Crippen LogP contribution in [0.25, 0.3) is 0 Å². The zero-order valence-electron chi connectivity index (χ0n) is 21.9. The summed E-state index contributed by atoms with van der Waals surface area (Å²) in [5.74, 6) is 0.373. The fourth-order valence-corrected chi connectivity index (χ4v) is 4.47. The molecule has 0 bridgehead atoms. The van der Waals surface area contributed by atoms with Crippen LogP contribution in [0.5, 0.6) is 5.75 Å². The van der Waals surface area contributed by atoms with E-state index in [4.69, 9.17) is 9.47 Å². The molecule has 1 atom stereocenters. The van der Waals surface area contributed by atoms with Gasteiger partial charge >= 0.3 is 6.09 Å². The molecule has 6 nitrogen and oxygen atoms in total. The highest BCUT2D eigenvalue weighted by atomic mass is 79.9. The van der Waals surface area contributed by atoms with Crippen molar-refractivity contribution in [1.29, 1.82) is 0 Å². The molecule has 0 aliphatic heterocycles. The standard InChI is InChI=1S/C32H31BrN2O4/c1-22-17-28(33)29(18-23(22)2)34-31(36)30(35-32(37)39-21-26-11-7-4-8-12-26)19-24-13-15-27(16-14-24)38-20-25-9-5-3-6-10-25/h3-18,30H,19-21H2,1-2H3,(H,34,36)(H,35,37)/t30-/m1/s1. The van der Waals surface area contributed by atoms with Gasteiger partial charge in [0.2, 0.25) is 5.91 Å². The average molecular weight is 588 g/mol. The average Bonchev–Trinajstić information content (AvgIpc) is 2.95. The molecule has 0 radical (unpaired) electrons. The topological polar surface area (TPSA) is 76.7 Å². The van der Waals surface area contributed by atoms with Gasteiger partial charge in [-0.2, -0.15) is 0 Å². The van der Waals surface area contributed by atoms with Crippen molar-refractivity contribution in [2.45, 2.75) is 39.5 Å². The van der Waals surface area contributed by atoms with Gasteiger partial charge in [0.25, 0.3) is 0 Å². The number of anilines is 1. The third-order valence-electron chi connectivity index (χ3n) is 6.27. The minimum Gasteiger partial charge on any atom is -0.489 e. The fraction of sp³-hybridized carbons (Fsp3) is 0.188. The number of hydrogen-bond donors (Lipinski definition) is 2. The number of rotatable bonds is 10. The Bertz CT molecular complexity index is 1390. The quantitative estimate of drug-likeness (QED) is 0.207. The van der Waals surface area contributed by atoms with E-state index in [2.05, 4.69) is 26.6 Å². The molecule has 4 aromatic rings. The first-order valence-electron chi connectivity index (χ1n) is 12.7. The molecule has 0 aromatic heterocycles. The van der Waals surface area contributed by atoms with Gasteiger partial charge < -0.3 is 20.1 Å². The Morgan fingerprint density at radius 3 is 2.00 bits per heavy atom. The maximum absolute atomic E-state index is 13.4. The summed E-state index contributed by atoms with van der Waals surface area (Å²) >= 11 is 3.53. The molecule has 0 heterocycles. The molecule has 0 saturated heterocycles. The van der Waals surface area contributed by atoms with Crippen molar-refractivity contribution in [3.05, 3.63) is 129 Å². The van der Waals surface area contributed by atoms with E-state index in [1.165, 1.54) is 0 Å². The number of carbonyl (C=O) groups is 2. The van der Waals surface area contributed by atoms with E-state index in [9.17, 15) is 9.59 Å². The summed E-state index contributed by atoms with van der Waals surface area (Å²) in [4.78, 5) is 26.0. The second-order valence-corrected chi connectivity index (χ2v) is 10.1. The Hall–Kier alpha value is -4.10. The first-order valence-corrected chi connectivity index (χ1v) is 13.5. The molecule has 2 amide bonds. The number of alkyl carbamates (subject to hydrolysis) is 1. The minimum atomic E-state index is -0.863. The Balaban J connectivity index is 1.44. The van der Waals surface area contributed by atoms with Gasteiger partial charge in [-0.15, -0.1) is 0 Å². The first kappa shape index (κ1) is 27.9. The van der Waals surface area contributed by atoms with Crippen molar-refractivity contribution in [1.82, 2.24) is 5.32 Å². The molecule has 7 heteroatoms. The second kappa shape index (κ2) is 13.6. The number of hydrogen-bond acceptors (Lipinski definition) is 4. The van der Waals surface area contributed by atoms with Crippen LogP contribution >= 0.6 is 15.9 Å². The molecule has 0 unspecified atom stereocenters. The van der Waals surface area contributed by atoms with Gasteiger partial charge in [0.15, 0.2) is 0 Å². The molecule has 0 aliphatic rings. The van der Waals surface area contributed by atoms with Crippen LogP contribution < -0.4 is 15.4 Å². The van der Waals surface area contributed by atoms with Gasteiger partial charge in [-0.25, -0.2) is 4.79 Å². The van der Waals surface area contributed by atoms with E-state index in [1.54, 1.807) is 0 Å². The SMILES string of the molecule is Cc1cc(Br)c(NC(=O)[C@@H](Cc2ccc(OCc3ccccc3)cc2)NC(=O)OCc2ccccc2)cc1C. The minimum absolute atomic E-state index is 0.108. The second-order valence-electron chi connectivity index (χ2n) is 9.29. The van der Waals surface area contributed by atoms with Gasteiger partial charge in [-0.1, -0.05) is 72.8 Å². The first-order chi connectivity index (χ1) is 18.9. The summed E-state index contributed by atoms with van der Waals surface area (Å²) in [5, 5.41) is 5.69. The lowest BCUT2D eigenvalue weighted by molar-refractivity contribution is -0.118. The van der Waals surface area contributed by atoms with Crippen LogP contribution in [0.4, 0.5) is 10.5 Å². The van der Waals surface area contributed by atoms with E-state index < -0.39 is 12.1 Å². The number of carbonyl (C=O) groups excluding carboxylic acids is 2. The predicted octanol–water partition coefficient (Wildman–Crippen LogP) is 7.12. The van der Waals surface area contributed by atoms with Crippen molar-refractivity contribution in [3.8, 4) is 5.75 Å². The monoisotopic (exact) mass is 586 g/mol. The molecule has 4 aromatic carbocycles. The number of benzene rings is 4. The molecule has 2 N–H and O–H groups in total. The van der Waals surface area contributed by atoms with Gasteiger partial charge in [0.05, 0.1) is 5.69 Å². The molecule has 39 heavy (non-hydrogen) atoms. The van der Waals surface area contributed by atoms with Gasteiger partial charge in [0, 0.05) is 10.9 Å². The number of amides is 2. The molecule has 200 valence electrons. The lowest BCUT2D eigenvalue weighted by atomic mass is 10.0. The maximum Gasteiger partial charge on any atom is 0.408 e. The van der Waals surface area contributed by atoms with Crippen LogP contribution in [0.3, 0.4) is 0 Å². The van der Waals surface area contributed by atoms with E-state index in [1.807, 2.05) is 111 Å². The number of nitrogens with one attached hydrogen (secondary N) is 2. The Kier molecular flexibility index (Phi) is 9.75. The zero-order chi connectivity index (χ0) is 27.6. The van der Waals surface area contributed by atoms with Crippen LogP contribution in [-0.2, 0) is 29.2 Å². The van der Waals surface area contributed by atoms with Gasteiger partial charge in [-0.05, 0) is 81.9 Å². The van der Waals surface area contributed by atoms with Gasteiger partial charge in [0.1, 0.15) is 25.0 Å². The highest BCUT2D eigenvalue weighted by Gasteiger charge is 2.23. The molecule has 0 aliphatic carbocycles. The van der Waals surface area contributed by atoms with Crippen molar-refractivity contribution in [2.24, 2.45) is 0 Å². The van der Waals surface area contributed by atoms with Crippen molar-refractivity contribution in [3.63, 3.8) is 0 Å². The van der Waals surface area contributed by atoms with Crippen LogP contribution in [0.1, 0.15) is 27.8 Å². The summed E-state index contributed by atoms with van der Waals surface area (Å²) < 4.78 is 12.0. The highest BCUT2D eigenvalue weighted by molar-refractivity contribution is 9.10. The number of ether oxygens (including phenoxy) is 2. The van der Waals surface area contributed by atoms with Crippen molar-refractivity contribution in [2.75, 3.05) is 5.32 Å². The molecule has 0 fully saturated rings. The zero-order valence-corrected chi connectivity index (χ0v) is 23.5. The summed E-state index contributed by atoms with van der Waals surface area (Å²) in [5.41, 5.74) is 5.59. The van der Waals surface area contributed by atoms with E-state index >= 15 is 0 Å². The van der Waals surface area contributed by atoms with Crippen molar-refractivity contribution >= 4 is 33.6 Å². The van der Waals surface area contributed by atoms with Gasteiger partial charge in [-0.3, -0.25) is 4.79 Å². The Morgan fingerprint density at radius 1 is 0.769 bits per heavy atom. The van der Waals surface area contributed by atoms with E-state index in [0.29, 0.717) is 12.3 Å².